The van der Waals surface area contributed by atoms with Gasteiger partial charge in [-0.3, -0.25) is 4.79 Å². The molecule has 1 aromatic carbocycles. The van der Waals surface area contributed by atoms with Crippen molar-refractivity contribution in [2.45, 2.75) is 46.6 Å². The predicted octanol–water partition coefficient (Wildman–Crippen LogP) is 3.41. The molecular formula is C27H37N5O3S. The van der Waals surface area contributed by atoms with Crippen molar-refractivity contribution >= 4 is 21.6 Å². The number of rotatable bonds is 7. The van der Waals surface area contributed by atoms with E-state index in [0.717, 1.165) is 17.8 Å². The lowest BCUT2D eigenvalue weighted by Crippen LogP contribution is -2.53. The van der Waals surface area contributed by atoms with Gasteiger partial charge in [0.05, 0.1) is 30.0 Å². The number of hydrogen-bond donors (Lipinski definition) is 2. The standard InChI is InChI=1S/C27H37N5O3S/c1-19-7-5-6-8-24(19)31-11-13-32(14-12-31)36(34,35)17-27-10-9-21(26(27,3)4)15-22(27)25(33)30-20(2)23-16-28-18-29-23/h5-8,15-16,18,20-21H,9-14,17H2,1-4H3,(H,28,29)(H,30,33). The van der Waals surface area contributed by atoms with Gasteiger partial charge in [-0.25, -0.2) is 13.4 Å². The molecule has 1 amide bonds. The van der Waals surface area contributed by atoms with Crippen molar-refractivity contribution in [1.29, 1.82) is 0 Å². The molecule has 36 heavy (non-hydrogen) atoms. The smallest absolute Gasteiger partial charge is 0.248 e. The number of carbonyl (C=O) groups excluding carboxylic acids is 1. The van der Waals surface area contributed by atoms with Gasteiger partial charge in [0, 0.05) is 42.9 Å². The van der Waals surface area contributed by atoms with Crippen LogP contribution in [-0.4, -0.2) is 60.5 Å². The number of nitrogens with one attached hydrogen (secondary N) is 2. The molecule has 2 bridgehead atoms. The summed E-state index contributed by atoms with van der Waals surface area (Å²) in [7, 11) is -3.57. The Hall–Kier alpha value is -2.65. The zero-order valence-electron chi connectivity index (χ0n) is 21.6. The number of sulfonamides is 1. The Labute approximate surface area is 214 Å². The lowest BCUT2D eigenvalue weighted by molar-refractivity contribution is -0.119. The quantitative estimate of drug-likeness (QED) is 0.594. The number of aryl methyl sites for hydroxylation is 1. The second-order valence-electron chi connectivity index (χ2n) is 11.2. The lowest BCUT2D eigenvalue weighted by atomic mass is 9.67. The molecule has 5 rings (SSSR count). The van der Waals surface area contributed by atoms with Gasteiger partial charge in [0.2, 0.25) is 15.9 Å². The van der Waals surface area contributed by atoms with Crippen LogP contribution in [0.3, 0.4) is 0 Å². The molecule has 3 aliphatic rings. The van der Waals surface area contributed by atoms with Crippen LogP contribution in [0.1, 0.15) is 50.9 Å². The number of para-hydroxylation sites is 1. The first-order valence-corrected chi connectivity index (χ1v) is 14.5. The van der Waals surface area contributed by atoms with Gasteiger partial charge < -0.3 is 15.2 Å². The van der Waals surface area contributed by atoms with E-state index in [1.807, 2.05) is 25.1 Å². The molecule has 2 heterocycles. The zero-order valence-corrected chi connectivity index (χ0v) is 22.4. The number of allylic oxidation sites excluding steroid dienone is 1. The summed E-state index contributed by atoms with van der Waals surface area (Å²) < 4.78 is 29.3. The minimum Gasteiger partial charge on any atom is -0.369 e. The first kappa shape index (κ1) is 25.0. The third-order valence-electron chi connectivity index (χ3n) is 9.02. The number of amides is 1. The highest BCUT2D eigenvalue weighted by Gasteiger charge is 2.63. The minimum absolute atomic E-state index is 0.0223. The Morgan fingerprint density at radius 1 is 1.22 bits per heavy atom. The molecule has 3 unspecified atom stereocenters. The topological polar surface area (TPSA) is 98.4 Å². The fraction of sp³-hybridized carbons (Fsp3) is 0.556. The van der Waals surface area contributed by atoms with Gasteiger partial charge in [0.1, 0.15) is 0 Å². The number of carbonyl (C=O) groups is 1. The molecule has 1 aliphatic heterocycles. The molecule has 2 aliphatic carbocycles. The Morgan fingerprint density at radius 2 is 1.94 bits per heavy atom. The molecule has 1 saturated carbocycles. The van der Waals surface area contributed by atoms with E-state index in [1.54, 1.807) is 16.8 Å². The zero-order chi connectivity index (χ0) is 25.7. The van der Waals surface area contributed by atoms with Crippen LogP contribution in [0.2, 0.25) is 0 Å². The lowest BCUT2D eigenvalue weighted by Gasteiger charge is -2.42. The predicted molar refractivity (Wildman–Crippen MR) is 141 cm³/mol. The summed E-state index contributed by atoms with van der Waals surface area (Å²) in [5.41, 5.74) is 2.82. The van der Waals surface area contributed by atoms with E-state index in [2.05, 4.69) is 53.1 Å². The summed E-state index contributed by atoms with van der Waals surface area (Å²) >= 11 is 0. The largest absolute Gasteiger partial charge is 0.369 e. The van der Waals surface area contributed by atoms with Crippen LogP contribution >= 0.6 is 0 Å². The van der Waals surface area contributed by atoms with Crippen LogP contribution in [0.4, 0.5) is 5.69 Å². The summed E-state index contributed by atoms with van der Waals surface area (Å²) in [6.45, 7) is 10.5. The molecule has 194 valence electrons. The second kappa shape index (κ2) is 9.03. The van der Waals surface area contributed by atoms with Gasteiger partial charge in [-0.15, -0.1) is 0 Å². The molecule has 1 aromatic heterocycles. The number of benzene rings is 1. The number of fused-ring (bicyclic) bond motifs is 2. The Bertz CT molecular complexity index is 1260. The van der Waals surface area contributed by atoms with Crippen LogP contribution in [0.25, 0.3) is 0 Å². The average molecular weight is 512 g/mol. The fourth-order valence-electron chi connectivity index (χ4n) is 6.59. The van der Waals surface area contributed by atoms with Crippen LogP contribution < -0.4 is 10.2 Å². The Balaban J connectivity index is 1.33. The van der Waals surface area contributed by atoms with E-state index >= 15 is 0 Å². The first-order chi connectivity index (χ1) is 17.0. The van der Waals surface area contributed by atoms with Crippen molar-refractivity contribution in [2.75, 3.05) is 36.8 Å². The Morgan fingerprint density at radius 3 is 2.58 bits per heavy atom. The molecule has 2 fully saturated rings. The molecule has 9 heteroatoms. The summed E-state index contributed by atoms with van der Waals surface area (Å²) in [6, 6.07) is 7.98. The maximum absolute atomic E-state index is 13.8. The fourth-order valence-corrected chi connectivity index (χ4v) is 8.78. The third-order valence-corrected chi connectivity index (χ3v) is 11.0. The molecule has 0 radical (unpaired) electrons. The summed E-state index contributed by atoms with van der Waals surface area (Å²) in [4.78, 5) is 22.8. The number of hydrogen-bond acceptors (Lipinski definition) is 5. The van der Waals surface area contributed by atoms with E-state index in [4.69, 9.17) is 0 Å². The number of H-pyrrole nitrogens is 1. The summed E-state index contributed by atoms with van der Waals surface area (Å²) in [5.74, 6) is 0.00622. The van der Waals surface area contributed by atoms with Gasteiger partial charge in [-0.1, -0.05) is 38.1 Å². The average Bonchev–Trinajstić information content (AvgIpc) is 3.51. The van der Waals surface area contributed by atoms with Gasteiger partial charge in [0.15, 0.2) is 0 Å². The molecular weight excluding hydrogens is 474 g/mol. The molecule has 1 saturated heterocycles. The monoisotopic (exact) mass is 511 g/mol. The SMILES string of the molecule is Cc1ccccc1N1CCN(S(=O)(=O)CC23CCC(C=C2C(=O)NC(C)c2cnc[nH]2)C3(C)C)CC1. The molecule has 2 N–H and O–H groups in total. The molecule has 3 atom stereocenters. The van der Waals surface area contributed by atoms with E-state index < -0.39 is 15.4 Å². The van der Waals surface area contributed by atoms with Crippen LogP contribution in [0, 0.1) is 23.7 Å². The maximum atomic E-state index is 13.8. The van der Waals surface area contributed by atoms with Crippen molar-refractivity contribution < 1.29 is 13.2 Å². The number of aromatic amines is 1. The van der Waals surface area contributed by atoms with Crippen LogP contribution in [0.5, 0.6) is 0 Å². The molecule has 0 spiro atoms. The van der Waals surface area contributed by atoms with Gasteiger partial charge in [-0.05, 0) is 49.7 Å². The van der Waals surface area contributed by atoms with E-state index in [0.29, 0.717) is 38.2 Å². The van der Waals surface area contributed by atoms with Gasteiger partial charge in [-0.2, -0.15) is 4.31 Å². The number of anilines is 1. The summed E-state index contributed by atoms with van der Waals surface area (Å²) in [6.07, 6.45) is 6.96. The van der Waals surface area contributed by atoms with Crippen molar-refractivity contribution in [3.63, 3.8) is 0 Å². The number of nitrogens with zero attached hydrogens (tertiary/aromatic N) is 3. The summed E-state index contributed by atoms with van der Waals surface area (Å²) in [5, 5.41) is 3.07. The van der Waals surface area contributed by atoms with Gasteiger partial charge in [0.25, 0.3) is 0 Å². The van der Waals surface area contributed by atoms with Gasteiger partial charge >= 0.3 is 0 Å². The second-order valence-corrected chi connectivity index (χ2v) is 13.1. The molecule has 8 nitrogen and oxygen atoms in total. The number of piperazine rings is 1. The van der Waals surface area contributed by atoms with Crippen LogP contribution in [0.15, 0.2) is 48.4 Å². The maximum Gasteiger partial charge on any atom is 0.248 e. The Kier molecular flexibility index (Phi) is 6.27. The van der Waals surface area contributed by atoms with E-state index in [-0.39, 0.29) is 29.0 Å². The first-order valence-electron chi connectivity index (χ1n) is 12.8. The number of aromatic nitrogens is 2. The normalized spacial score (nSPS) is 26.6. The van der Waals surface area contributed by atoms with Crippen molar-refractivity contribution in [2.24, 2.45) is 16.7 Å². The van der Waals surface area contributed by atoms with E-state index in [1.165, 1.54) is 5.56 Å². The highest BCUT2D eigenvalue weighted by atomic mass is 32.2. The number of imidazole rings is 1. The molecule has 2 aromatic rings. The minimum atomic E-state index is -3.57. The third kappa shape index (κ3) is 4.06. The van der Waals surface area contributed by atoms with Crippen molar-refractivity contribution in [3.8, 4) is 0 Å². The van der Waals surface area contributed by atoms with Crippen LogP contribution in [-0.2, 0) is 14.8 Å². The highest BCUT2D eigenvalue weighted by Crippen LogP contribution is 2.65. The van der Waals surface area contributed by atoms with Crippen molar-refractivity contribution in [1.82, 2.24) is 19.6 Å². The van der Waals surface area contributed by atoms with Crippen molar-refractivity contribution in [3.05, 3.63) is 59.7 Å². The van der Waals surface area contributed by atoms with E-state index in [9.17, 15) is 13.2 Å². The highest BCUT2D eigenvalue weighted by molar-refractivity contribution is 7.89.